The molecule has 1 rings (SSSR count). The Bertz CT molecular complexity index is 480. The topological polar surface area (TPSA) is 78.9 Å². The van der Waals surface area contributed by atoms with E-state index in [0.717, 1.165) is 12.0 Å². The molecule has 20 heavy (non-hydrogen) atoms. The first-order chi connectivity index (χ1) is 9.30. The zero-order valence-corrected chi connectivity index (χ0v) is 12.4. The lowest BCUT2D eigenvalue weighted by Gasteiger charge is -2.22. The predicted octanol–water partition coefficient (Wildman–Crippen LogP) is 2.33. The number of amides is 1. The number of rotatable bonds is 5. The number of carbonyl (C=O) groups excluding carboxylic acids is 1. The van der Waals surface area contributed by atoms with E-state index in [2.05, 4.69) is 32.2 Å². The number of carbonyl (C=O) groups is 1. The van der Waals surface area contributed by atoms with Gasteiger partial charge in [-0.3, -0.25) is 4.79 Å². The van der Waals surface area contributed by atoms with Crippen LogP contribution in [-0.2, 0) is 11.3 Å². The Hall–Kier alpha value is -1.86. The van der Waals surface area contributed by atoms with Gasteiger partial charge in [0.2, 0.25) is 5.91 Å². The van der Waals surface area contributed by atoms with E-state index in [-0.39, 0.29) is 17.4 Å². The van der Waals surface area contributed by atoms with E-state index in [4.69, 9.17) is 11.0 Å². The molecule has 1 aromatic rings. The van der Waals surface area contributed by atoms with Crippen molar-refractivity contribution >= 4 is 5.91 Å². The van der Waals surface area contributed by atoms with Gasteiger partial charge in [0.15, 0.2) is 0 Å². The number of nitrogens with two attached hydrogens (primary N) is 1. The van der Waals surface area contributed by atoms with Crippen molar-refractivity contribution in [2.45, 2.75) is 46.2 Å². The molecule has 0 aliphatic carbocycles. The minimum atomic E-state index is -0.115. The van der Waals surface area contributed by atoms with Gasteiger partial charge in [0, 0.05) is 19.0 Å². The Morgan fingerprint density at radius 1 is 1.35 bits per heavy atom. The Kier molecular flexibility index (Phi) is 5.72. The molecule has 0 saturated heterocycles. The van der Waals surface area contributed by atoms with Gasteiger partial charge in [0.05, 0.1) is 11.6 Å². The van der Waals surface area contributed by atoms with Gasteiger partial charge < -0.3 is 11.1 Å². The van der Waals surface area contributed by atoms with Crippen molar-refractivity contribution in [3.63, 3.8) is 0 Å². The molecule has 0 aliphatic rings. The van der Waals surface area contributed by atoms with Crippen LogP contribution in [0.2, 0.25) is 0 Å². The summed E-state index contributed by atoms with van der Waals surface area (Å²) in [4.78, 5) is 11.8. The fraction of sp³-hybridized carbons (Fsp3) is 0.500. The maximum Gasteiger partial charge on any atom is 0.221 e. The molecule has 0 spiro atoms. The van der Waals surface area contributed by atoms with E-state index in [1.54, 1.807) is 12.1 Å². The molecule has 4 nitrogen and oxygen atoms in total. The van der Waals surface area contributed by atoms with Crippen LogP contribution in [-0.4, -0.2) is 11.9 Å². The normalized spacial score (nSPS) is 12.6. The SMILES string of the molecule is CC(C)(C)CC(N)CC(=O)NCc1ccc(C#N)cc1. The lowest BCUT2D eigenvalue weighted by molar-refractivity contribution is -0.121. The van der Waals surface area contributed by atoms with Crippen LogP contribution in [0.1, 0.15) is 44.7 Å². The predicted molar refractivity (Wildman–Crippen MR) is 79.7 cm³/mol. The monoisotopic (exact) mass is 273 g/mol. The number of nitriles is 1. The van der Waals surface area contributed by atoms with Crippen LogP contribution in [0.4, 0.5) is 0 Å². The third-order valence-electron chi connectivity index (χ3n) is 2.89. The number of benzene rings is 1. The molecule has 0 radical (unpaired) electrons. The summed E-state index contributed by atoms with van der Waals surface area (Å²) in [7, 11) is 0. The minimum absolute atomic E-state index is 0.0360. The van der Waals surface area contributed by atoms with Gasteiger partial charge in [-0.1, -0.05) is 32.9 Å². The van der Waals surface area contributed by atoms with Crippen LogP contribution in [0.15, 0.2) is 24.3 Å². The van der Waals surface area contributed by atoms with Gasteiger partial charge in [0.25, 0.3) is 0 Å². The standard InChI is InChI=1S/C16H23N3O/c1-16(2,3)9-14(18)8-15(20)19-11-13-6-4-12(10-17)5-7-13/h4-7,14H,8-9,11,18H2,1-3H3,(H,19,20). The summed E-state index contributed by atoms with van der Waals surface area (Å²) < 4.78 is 0. The second kappa shape index (κ2) is 7.06. The molecule has 0 heterocycles. The quantitative estimate of drug-likeness (QED) is 0.864. The van der Waals surface area contributed by atoms with Gasteiger partial charge >= 0.3 is 0 Å². The zero-order valence-electron chi connectivity index (χ0n) is 12.4. The van der Waals surface area contributed by atoms with E-state index in [0.29, 0.717) is 18.5 Å². The van der Waals surface area contributed by atoms with E-state index < -0.39 is 0 Å². The highest BCUT2D eigenvalue weighted by atomic mass is 16.1. The highest BCUT2D eigenvalue weighted by Gasteiger charge is 2.17. The molecule has 108 valence electrons. The van der Waals surface area contributed by atoms with Crippen LogP contribution >= 0.6 is 0 Å². The summed E-state index contributed by atoms with van der Waals surface area (Å²) in [6.07, 6.45) is 1.16. The molecule has 0 saturated carbocycles. The van der Waals surface area contributed by atoms with Gasteiger partial charge in [-0.05, 0) is 29.5 Å². The van der Waals surface area contributed by atoms with Gasteiger partial charge in [-0.25, -0.2) is 0 Å². The van der Waals surface area contributed by atoms with Crippen molar-refractivity contribution < 1.29 is 4.79 Å². The summed E-state index contributed by atoms with van der Waals surface area (Å²) in [5.41, 5.74) is 7.69. The molecule has 4 heteroatoms. The Balaban J connectivity index is 2.37. The molecule has 0 bridgehead atoms. The molecule has 3 N–H and O–H groups in total. The molecule has 1 unspecified atom stereocenters. The molecular formula is C16H23N3O. The van der Waals surface area contributed by atoms with Crippen LogP contribution in [0.5, 0.6) is 0 Å². The average Bonchev–Trinajstić information content (AvgIpc) is 2.34. The van der Waals surface area contributed by atoms with E-state index in [1.165, 1.54) is 0 Å². The van der Waals surface area contributed by atoms with Crippen molar-refractivity contribution in [2.24, 2.45) is 11.1 Å². The second-order valence-electron chi connectivity index (χ2n) is 6.31. The van der Waals surface area contributed by atoms with Crippen molar-refractivity contribution in [3.05, 3.63) is 35.4 Å². The number of nitrogens with zero attached hydrogens (tertiary/aromatic N) is 1. The molecule has 1 atom stereocenters. The zero-order chi connectivity index (χ0) is 15.2. The van der Waals surface area contributed by atoms with E-state index in [9.17, 15) is 4.79 Å². The third-order valence-corrected chi connectivity index (χ3v) is 2.89. The summed E-state index contributed by atoms with van der Waals surface area (Å²) in [5, 5.41) is 11.6. The summed E-state index contributed by atoms with van der Waals surface area (Å²) in [6.45, 7) is 6.80. The van der Waals surface area contributed by atoms with Gasteiger partial charge in [-0.2, -0.15) is 5.26 Å². The first kappa shape index (κ1) is 16.2. The minimum Gasteiger partial charge on any atom is -0.352 e. The van der Waals surface area contributed by atoms with Crippen LogP contribution in [0.3, 0.4) is 0 Å². The van der Waals surface area contributed by atoms with Crippen molar-refractivity contribution in [1.82, 2.24) is 5.32 Å². The first-order valence-corrected chi connectivity index (χ1v) is 6.81. The Morgan fingerprint density at radius 2 is 1.95 bits per heavy atom. The van der Waals surface area contributed by atoms with Crippen LogP contribution in [0, 0.1) is 16.7 Å². The highest BCUT2D eigenvalue weighted by Crippen LogP contribution is 2.20. The highest BCUT2D eigenvalue weighted by molar-refractivity contribution is 5.76. The number of hydrogen-bond acceptors (Lipinski definition) is 3. The van der Waals surface area contributed by atoms with Crippen LogP contribution < -0.4 is 11.1 Å². The largest absolute Gasteiger partial charge is 0.352 e. The van der Waals surface area contributed by atoms with Gasteiger partial charge in [0.1, 0.15) is 0 Å². The fourth-order valence-electron chi connectivity index (χ4n) is 2.07. The van der Waals surface area contributed by atoms with Crippen molar-refractivity contribution in [2.75, 3.05) is 0 Å². The van der Waals surface area contributed by atoms with E-state index >= 15 is 0 Å². The summed E-state index contributed by atoms with van der Waals surface area (Å²) in [6, 6.07) is 9.12. The summed E-state index contributed by atoms with van der Waals surface area (Å²) >= 11 is 0. The molecule has 0 aliphatic heterocycles. The number of hydrogen-bond donors (Lipinski definition) is 2. The number of nitrogens with one attached hydrogen (secondary N) is 1. The lowest BCUT2D eigenvalue weighted by atomic mass is 9.87. The van der Waals surface area contributed by atoms with Gasteiger partial charge in [-0.15, -0.1) is 0 Å². The maximum absolute atomic E-state index is 11.8. The molecule has 0 fully saturated rings. The molecule has 1 amide bonds. The molecule has 0 aromatic heterocycles. The summed E-state index contributed by atoms with van der Waals surface area (Å²) in [5.74, 6) is -0.0360. The second-order valence-corrected chi connectivity index (χ2v) is 6.31. The van der Waals surface area contributed by atoms with Crippen molar-refractivity contribution in [1.29, 1.82) is 5.26 Å². The third kappa shape index (κ3) is 6.35. The smallest absolute Gasteiger partial charge is 0.221 e. The van der Waals surface area contributed by atoms with Crippen LogP contribution in [0.25, 0.3) is 0 Å². The average molecular weight is 273 g/mol. The lowest BCUT2D eigenvalue weighted by Crippen LogP contribution is -2.33. The van der Waals surface area contributed by atoms with Crippen molar-refractivity contribution in [3.8, 4) is 6.07 Å². The van der Waals surface area contributed by atoms with E-state index in [1.807, 2.05) is 12.1 Å². The molecule has 1 aromatic carbocycles. The Morgan fingerprint density at radius 3 is 2.45 bits per heavy atom. The molecular weight excluding hydrogens is 250 g/mol. The Labute approximate surface area is 121 Å². The fourth-order valence-corrected chi connectivity index (χ4v) is 2.07. The maximum atomic E-state index is 11.8. The first-order valence-electron chi connectivity index (χ1n) is 6.81.